The molecule has 0 bridgehead atoms. The number of hydrogen-bond acceptors (Lipinski definition) is 4. The van der Waals surface area contributed by atoms with Crippen LogP contribution in [0.1, 0.15) is 26.3 Å². The topological polar surface area (TPSA) is 69.2 Å². The molecule has 1 amide bonds. The smallest absolute Gasteiger partial charge is 0.403 e. The SMILES string of the molecule is CCNC(=NCc1ccc(OC)c(NC(C)=O)c1)N1CCN(C(C)C(F)(F)F)CC1. The summed E-state index contributed by atoms with van der Waals surface area (Å²) in [6.45, 7) is 7.15. The van der Waals surface area contributed by atoms with E-state index in [-0.39, 0.29) is 5.91 Å². The molecule has 0 aromatic heterocycles. The minimum Gasteiger partial charge on any atom is -0.495 e. The van der Waals surface area contributed by atoms with Crippen LogP contribution in [0.4, 0.5) is 18.9 Å². The number of guanidine groups is 1. The number of nitrogens with one attached hydrogen (secondary N) is 2. The quantitative estimate of drug-likeness (QED) is 0.538. The van der Waals surface area contributed by atoms with Gasteiger partial charge < -0.3 is 20.3 Å². The molecule has 1 unspecified atom stereocenters. The van der Waals surface area contributed by atoms with Gasteiger partial charge in [-0.1, -0.05) is 6.07 Å². The van der Waals surface area contributed by atoms with Crippen LogP contribution < -0.4 is 15.4 Å². The molecule has 1 aromatic rings. The molecule has 168 valence electrons. The molecule has 0 radical (unpaired) electrons. The lowest BCUT2D eigenvalue weighted by Crippen LogP contribution is -2.56. The minimum atomic E-state index is -4.22. The Morgan fingerprint density at radius 1 is 1.27 bits per heavy atom. The highest BCUT2D eigenvalue weighted by molar-refractivity contribution is 5.90. The maximum absolute atomic E-state index is 13.0. The summed E-state index contributed by atoms with van der Waals surface area (Å²) in [5.74, 6) is 1.02. The fourth-order valence-corrected chi connectivity index (χ4v) is 3.26. The van der Waals surface area contributed by atoms with Crippen LogP contribution in [0.25, 0.3) is 0 Å². The van der Waals surface area contributed by atoms with E-state index >= 15 is 0 Å². The van der Waals surface area contributed by atoms with Crippen molar-refractivity contribution >= 4 is 17.6 Å². The number of carbonyl (C=O) groups is 1. The average molecular weight is 429 g/mol. The third-order valence-corrected chi connectivity index (χ3v) is 4.96. The van der Waals surface area contributed by atoms with E-state index in [9.17, 15) is 18.0 Å². The van der Waals surface area contributed by atoms with Crippen molar-refractivity contribution in [3.05, 3.63) is 23.8 Å². The van der Waals surface area contributed by atoms with Crippen molar-refractivity contribution in [2.75, 3.05) is 45.2 Å². The van der Waals surface area contributed by atoms with Gasteiger partial charge >= 0.3 is 6.18 Å². The van der Waals surface area contributed by atoms with E-state index in [1.165, 1.54) is 25.9 Å². The fourth-order valence-electron chi connectivity index (χ4n) is 3.26. The van der Waals surface area contributed by atoms with Crippen molar-refractivity contribution in [2.24, 2.45) is 4.99 Å². The maximum Gasteiger partial charge on any atom is 0.403 e. The molecule has 1 saturated heterocycles. The molecule has 7 nitrogen and oxygen atoms in total. The van der Waals surface area contributed by atoms with Gasteiger partial charge in [0.2, 0.25) is 5.91 Å². The van der Waals surface area contributed by atoms with Crippen LogP contribution in [0.15, 0.2) is 23.2 Å². The first-order chi connectivity index (χ1) is 14.2. The van der Waals surface area contributed by atoms with Crippen LogP contribution in [-0.2, 0) is 11.3 Å². The van der Waals surface area contributed by atoms with Gasteiger partial charge in [-0.25, -0.2) is 4.99 Å². The summed E-state index contributed by atoms with van der Waals surface area (Å²) in [6, 6.07) is 3.97. The van der Waals surface area contributed by atoms with Crippen LogP contribution in [0, 0.1) is 0 Å². The Bertz CT molecular complexity index is 746. The van der Waals surface area contributed by atoms with Crippen LogP contribution in [0.3, 0.4) is 0 Å². The van der Waals surface area contributed by atoms with Crippen LogP contribution in [0.2, 0.25) is 0 Å². The number of methoxy groups -OCH3 is 1. The molecule has 2 N–H and O–H groups in total. The number of nitrogens with zero attached hydrogens (tertiary/aromatic N) is 3. The van der Waals surface area contributed by atoms with Crippen molar-refractivity contribution in [1.82, 2.24) is 15.1 Å². The number of piperazine rings is 1. The van der Waals surface area contributed by atoms with Gasteiger partial charge in [-0.05, 0) is 31.5 Å². The largest absolute Gasteiger partial charge is 0.495 e. The lowest BCUT2D eigenvalue weighted by Gasteiger charge is -2.39. The Morgan fingerprint density at radius 3 is 2.47 bits per heavy atom. The van der Waals surface area contributed by atoms with Crippen molar-refractivity contribution < 1.29 is 22.7 Å². The second-order valence-electron chi connectivity index (χ2n) is 7.13. The van der Waals surface area contributed by atoms with Crippen LogP contribution >= 0.6 is 0 Å². The first-order valence-corrected chi connectivity index (χ1v) is 9.94. The van der Waals surface area contributed by atoms with Gasteiger partial charge in [-0.15, -0.1) is 0 Å². The zero-order valence-corrected chi connectivity index (χ0v) is 17.8. The number of aliphatic imine (C=N–C) groups is 1. The molecule has 1 aromatic carbocycles. The van der Waals surface area contributed by atoms with Gasteiger partial charge in [0, 0.05) is 39.6 Å². The van der Waals surface area contributed by atoms with Gasteiger partial charge in [0.15, 0.2) is 5.96 Å². The average Bonchev–Trinajstić information content (AvgIpc) is 2.69. The second kappa shape index (κ2) is 10.5. The number of benzene rings is 1. The Labute approximate surface area is 175 Å². The normalized spacial score (nSPS) is 16.9. The number of rotatable bonds is 6. The Morgan fingerprint density at radius 2 is 1.93 bits per heavy atom. The third-order valence-electron chi connectivity index (χ3n) is 4.96. The third kappa shape index (κ3) is 6.51. The summed E-state index contributed by atoms with van der Waals surface area (Å²) in [4.78, 5) is 19.5. The number of anilines is 1. The predicted octanol–water partition coefficient (Wildman–Crippen LogP) is 2.69. The maximum atomic E-state index is 13.0. The highest BCUT2D eigenvalue weighted by atomic mass is 19.4. The van der Waals surface area contributed by atoms with Crippen molar-refractivity contribution in [3.63, 3.8) is 0 Å². The minimum absolute atomic E-state index is 0.201. The molecular weight excluding hydrogens is 399 g/mol. The van der Waals surface area contributed by atoms with E-state index in [1.54, 1.807) is 12.1 Å². The van der Waals surface area contributed by atoms with Crippen molar-refractivity contribution in [1.29, 1.82) is 0 Å². The van der Waals surface area contributed by atoms with E-state index in [2.05, 4.69) is 15.6 Å². The van der Waals surface area contributed by atoms with Crippen LogP contribution in [-0.4, -0.2) is 73.7 Å². The van der Waals surface area contributed by atoms with E-state index in [0.29, 0.717) is 56.7 Å². The first kappa shape index (κ1) is 23.8. The summed E-state index contributed by atoms with van der Waals surface area (Å²) < 4.78 is 44.1. The molecule has 1 aliphatic heterocycles. The molecule has 1 atom stereocenters. The molecule has 0 spiro atoms. The highest BCUT2D eigenvalue weighted by Gasteiger charge is 2.41. The number of carbonyl (C=O) groups excluding carboxylic acids is 1. The molecule has 1 heterocycles. The van der Waals surface area contributed by atoms with Gasteiger partial charge in [-0.3, -0.25) is 9.69 Å². The molecular formula is C20H30F3N5O2. The van der Waals surface area contributed by atoms with Gasteiger partial charge in [0.25, 0.3) is 0 Å². The molecule has 10 heteroatoms. The Hall–Kier alpha value is -2.49. The monoisotopic (exact) mass is 429 g/mol. The fraction of sp³-hybridized carbons (Fsp3) is 0.600. The summed E-state index contributed by atoms with van der Waals surface area (Å²) in [7, 11) is 1.53. The lowest BCUT2D eigenvalue weighted by atomic mass is 10.2. The van der Waals surface area contributed by atoms with E-state index in [4.69, 9.17) is 4.74 Å². The molecule has 1 aliphatic rings. The summed E-state index contributed by atoms with van der Waals surface area (Å²) in [5.41, 5.74) is 1.44. The summed E-state index contributed by atoms with van der Waals surface area (Å²) in [6.07, 6.45) is -4.22. The van der Waals surface area contributed by atoms with E-state index in [0.717, 1.165) is 5.56 Å². The lowest BCUT2D eigenvalue weighted by molar-refractivity contribution is -0.181. The molecule has 2 rings (SSSR count). The Balaban J connectivity index is 2.07. The first-order valence-electron chi connectivity index (χ1n) is 9.94. The van der Waals surface area contributed by atoms with Gasteiger partial charge in [-0.2, -0.15) is 13.2 Å². The summed E-state index contributed by atoms with van der Waals surface area (Å²) >= 11 is 0. The number of alkyl halides is 3. The predicted molar refractivity (Wildman–Crippen MR) is 111 cm³/mol. The van der Waals surface area contributed by atoms with E-state index in [1.807, 2.05) is 17.9 Å². The van der Waals surface area contributed by atoms with Gasteiger partial charge in [0.1, 0.15) is 11.8 Å². The number of halogens is 3. The zero-order chi connectivity index (χ0) is 22.3. The summed E-state index contributed by atoms with van der Waals surface area (Å²) in [5, 5.41) is 5.94. The second-order valence-corrected chi connectivity index (χ2v) is 7.13. The Kier molecular flexibility index (Phi) is 8.33. The standard InChI is InChI=1S/C20H30F3N5O2/c1-5-24-19(28-10-8-27(9-11-28)14(2)20(21,22)23)25-13-16-6-7-18(30-4)17(12-16)26-15(3)29/h6-7,12,14H,5,8-11,13H2,1-4H3,(H,24,25)(H,26,29). The molecule has 0 saturated carbocycles. The molecule has 30 heavy (non-hydrogen) atoms. The zero-order valence-electron chi connectivity index (χ0n) is 17.8. The molecule has 0 aliphatic carbocycles. The highest BCUT2D eigenvalue weighted by Crippen LogP contribution is 2.26. The number of hydrogen-bond donors (Lipinski definition) is 2. The van der Waals surface area contributed by atoms with E-state index < -0.39 is 12.2 Å². The van der Waals surface area contributed by atoms with Crippen LogP contribution in [0.5, 0.6) is 5.75 Å². The van der Waals surface area contributed by atoms with Gasteiger partial charge in [0.05, 0.1) is 19.3 Å². The van der Waals surface area contributed by atoms with Crippen molar-refractivity contribution in [3.8, 4) is 5.75 Å². The number of ether oxygens (including phenoxy) is 1. The number of amides is 1. The van der Waals surface area contributed by atoms with Crippen molar-refractivity contribution in [2.45, 2.75) is 39.5 Å². The molecule has 1 fully saturated rings.